The number of fused-ring (bicyclic) bond motifs is 1. The average Bonchev–Trinajstić information content (AvgIpc) is 2.77. The minimum atomic E-state index is -0.877. The summed E-state index contributed by atoms with van der Waals surface area (Å²) in [6.45, 7) is 1.65. The number of benzene rings is 1. The molecule has 96 valence electrons. The molecule has 4 heteroatoms. The third-order valence-corrected chi connectivity index (χ3v) is 3.04. The molecule has 0 saturated carbocycles. The van der Waals surface area contributed by atoms with Gasteiger partial charge in [0.1, 0.15) is 0 Å². The largest absolute Gasteiger partial charge is 0.478 e. The number of unbranched alkanes of at least 4 members (excludes halogenated alkanes) is 1. The maximum atomic E-state index is 11.1. The van der Waals surface area contributed by atoms with Crippen LogP contribution < -0.4 is 0 Å². The van der Waals surface area contributed by atoms with E-state index in [2.05, 4.69) is 4.57 Å². The van der Waals surface area contributed by atoms with E-state index in [0.717, 1.165) is 36.9 Å². The Morgan fingerprint density at radius 1 is 1.33 bits per heavy atom. The second-order valence-corrected chi connectivity index (χ2v) is 4.25. The first-order valence-corrected chi connectivity index (χ1v) is 6.04. The zero-order valence-electron chi connectivity index (χ0n) is 10.4. The molecule has 18 heavy (non-hydrogen) atoms. The van der Waals surface area contributed by atoms with Crippen molar-refractivity contribution in [1.29, 1.82) is 0 Å². The van der Waals surface area contributed by atoms with Gasteiger partial charge in [-0.15, -0.1) is 0 Å². The lowest BCUT2D eigenvalue weighted by Gasteiger charge is -2.05. The number of aromatic carboxylic acids is 1. The summed E-state index contributed by atoms with van der Waals surface area (Å²) >= 11 is 0. The standard InChI is InChI=1S/C14H17NO3/c1-18-10-3-2-8-15-9-7-11-12(14(16)17)5-4-6-13(11)15/h4-7,9H,2-3,8,10H2,1H3,(H,16,17). The molecule has 0 fully saturated rings. The smallest absolute Gasteiger partial charge is 0.336 e. The fourth-order valence-corrected chi connectivity index (χ4v) is 2.13. The van der Waals surface area contributed by atoms with Gasteiger partial charge in [-0.1, -0.05) is 6.07 Å². The Balaban J connectivity index is 2.20. The van der Waals surface area contributed by atoms with Crippen molar-refractivity contribution < 1.29 is 14.6 Å². The van der Waals surface area contributed by atoms with E-state index < -0.39 is 5.97 Å². The molecule has 1 aromatic heterocycles. The number of aromatic nitrogens is 1. The molecular formula is C14H17NO3. The summed E-state index contributed by atoms with van der Waals surface area (Å²) in [5.74, 6) is -0.877. The molecule has 0 unspecified atom stereocenters. The fraction of sp³-hybridized carbons (Fsp3) is 0.357. The molecule has 2 rings (SSSR count). The van der Waals surface area contributed by atoms with Crippen molar-refractivity contribution in [2.75, 3.05) is 13.7 Å². The van der Waals surface area contributed by atoms with E-state index in [1.54, 1.807) is 19.2 Å². The third-order valence-electron chi connectivity index (χ3n) is 3.04. The Morgan fingerprint density at radius 2 is 2.17 bits per heavy atom. The van der Waals surface area contributed by atoms with Gasteiger partial charge in [0.05, 0.1) is 5.56 Å². The van der Waals surface area contributed by atoms with Crippen LogP contribution in [0.2, 0.25) is 0 Å². The highest BCUT2D eigenvalue weighted by Gasteiger charge is 2.10. The van der Waals surface area contributed by atoms with Crippen LogP contribution in [0.15, 0.2) is 30.5 Å². The van der Waals surface area contributed by atoms with E-state index in [4.69, 9.17) is 9.84 Å². The lowest BCUT2D eigenvalue weighted by atomic mass is 10.1. The number of hydrogen-bond donors (Lipinski definition) is 1. The predicted octanol–water partition coefficient (Wildman–Crippen LogP) is 2.77. The lowest BCUT2D eigenvalue weighted by molar-refractivity contribution is 0.0699. The van der Waals surface area contributed by atoms with E-state index in [1.807, 2.05) is 18.3 Å². The summed E-state index contributed by atoms with van der Waals surface area (Å²) in [6.07, 6.45) is 3.98. The highest BCUT2D eigenvalue weighted by atomic mass is 16.5. The minimum absolute atomic E-state index is 0.364. The maximum absolute atomic E-state index is 11.1. The number of aryl methyl sites for hydroxylation is 1. The Labute approximate surface area is 106 Å². The number of nitrogens with zero attached hydrogens (tertiary/aromatic N) is 1. The molecular weight excluding hydrogens is 230 g/mol. The maximum Gasteiger partial charge on any atom is 0.336 e. The van der Waals surface area contributed by atoms with Crippen LogP contribution >= 0.6 is 0 Å². The van der Waals surface area contributed by atoms with Crippen molar-refractivity contribution >= 4 is 16.9 Å². The molecule has 0 aliphatic heterocycles. The van der Waals surface area contributed by atoms with E-state index >= 15 is 0 Å². The molecule has 2 aromatic rings. The molecule has 0 aliphatic rings. The normalized spacial score (nSPS) is 10.9. The summed E-state index contributed by atoms with van der Waals surface area (Å²) in [5.41, 5.74) is 1.34. The van der Waals surface area contributed by atoms with Gasteiger partial charge in [-0.2, -0.15) is 0 Å². The van der Waals surface area contributed by atoms with Gasteiger partial charge in [-0.25, -0.2) is 4.79 Å². The number of carbonyl (C=O) groups is 1. The SMILES string of the molecule is COCCCCn1ccc2c(C(=O)O)cccc21. The van der Waals surface area contributed by atoms with E-state index in [-0.39, 0.29) is 0 Å². The quantitative estimate of drug-likeness (QED) is 0.798. The molecule has 1 N–H and O–H groups in total. The molecule has 1 heterocycles. The van der Waals surface area contributed by atoms with Gasteiger partial charge < -0.3 is 14.4 Å². The van der Waals surface area contributed by atoms with Gasteiger partial charge in [0, 0.05) is 37.4 Å². The molecule has 4 nitrogen and oxygen atoms in total. The van der Waals surface area contributed by atoms with Gasteiger partial charge in [-0.05, 0) is 31.0 Å². The summed E-state index contributed by atoms with van der Waals surface area (Å²) in [5, 5.41) is 9.91. The second kappa shape index (κ2) is 5.69. The first-order chi connectivity index (χ1) is 8.74. The Hall–Kier alpha value is -1.81. The average molecular weight is 247 g/mol. The van der Waals surface area contributed by atoms with Crippen LogP contribution in [0.5, 0.6) is 0 Å². The number of rotatable bonds is 6. The summed E-state index contributed by atoms with van der Waals surface area (Å²) in [6, 6.07) is 7.25. The first-order valence-electron chi connectivity index (χ1n) is 6.04. The van der Waals surface area contributed by atoms with Crippen LogP contribution in [0.4, 0.5) is 0 Å². The van der Waals surface area contributed by atoms with Gasteiger partial charge in [0.15, 0.2) is 0 Å². The number of carboxylic acid groups (broad SMARTS) is 1. The van der Waals surface area contributed by atoms with Gasteiger partial charge in [0.2, 0.25) is 0 Å². The molecule has 1 aromatic carbocycles. The second-order valence-electron chi connectivity index (χ2n) is 4.25. The number of carboxylic acids is 1. The summed E-state index contributed by atoms with van der Waals surface area (Å²) < 4.78 is 7.11. The summed E-state index contributed by atoms with van der Waals surface area (Å²) in [4.78, 5) is 11.1. The van der Waals surface area contributed by atoms with Crippen LogP contribution in [0.3, 0.4) is 0 Å². The van der Waals surface area contributed by atoms with Gasteiger partial charge in [0.25, 0.3) is 0 Å². The zero-order valence-corrected chi connectivity index (χ0v) is 10.4. The zero-order chi connectivity index (χ0) is 13.0. The molecule has 0 amide bonds. The van der Waals surface area contributed by atoms with Crippen LogP contribution in [0, 0.1) is 0 Å². The summed E-state index contributed by atoms with van der Waals surface area (Å²) in [7, 11) is 1.70. The monoisotopic (exact) mass is 247 g/mol. The van der Waals surface area contributed by atoms with Crippen molar-refractivity contribution in [3.8, 4) is 0 Å². The molecule has 0 atom stereocenters. The molecule has 0 radical (unpaired) electrons. The topological polar surface area (TPSA) is 51.5 Å². The van der Waals surface area contributed by atoms with Crippen LogP contribution in [0.25, 0.3) is 10.9 Å². The van der Waals surface area contributed by atoms with E-state index in [0.29, 0.717) is 5.56 Å². The first kappa shape index (κ1) is 12.6. The highest BCUT2D eigenvalue weighted by molar-refractivity contribution is 6.02. The molecule has 0 aliphatic carbocycles. The lowest BCUT2D eigenvalue weighted by Crippen LogP contribution is -2.00. The Bertz CT molecular complexity index is 545. The number of hydrogen-bond acceptors (Lipinski definition) is 2. The van der Waals surface area contributed by atoms with Crippen molar-refractivity contribution in [3.63, 3.8) is 0 Å². The van der Waals surface area contributed by atoms with Crippen LogP contribution in [-0.4, -0.2) is 29.4 Å². The predicted molar refractivity (Wildman–Crippen MR) is 70.0 cm³/mol. The third kappa shape index (κ3) is 2.54. The number of methoxy groups -OCH3 is 1. The van der Waals surface area contributed by atoms with Crippen molar-refractivity contribution in [2.24, 2.45) is 0 Å². The molecule has 0 saturated heterocycles. The Morgan fingerprint density at radius 3 is 2.89 bits per heavy atom. The van der Waals surface area contributed by atoms with Gasteiger partial charge in [-0.3, -0.25) is 0 Å². The van der Waals surface area contributed by atoms with Crippen molar-refractivity contribution in [2.45, 2.75) is 19.4 Å². The van der Waals surface area contributed by atoms with Crippen LogP contribution in [-0.2, 0) is 11.3 Å². The van der Waals surface area contributed by atoms with Crippen molar-refractivity contribution in [1.82, 2.24) is 4.57 Å². The molecule has 0 bridgehead atoms. The minimum Gasteiger partial charge on any atom is -0.478 e. The van der Waals surface area contributed by atoms with E-state index in [1.165, 1.54) is 0 Å². The van der Waals surface area contributed by atoms with Crippen molar-refractivity contribution in [3.05, 3.63) is 36.0 Å². The van der Waals surface area contributed by atoms with Crippen LogP contribution in [0.1, 0.15) is 23.2 Å². The van der Waals surface area contributed by atoms with Gasteiger partial charge >= 0.3 is 5.97 Å². The number of ether oxygens (including phenoxy) is 1. The highest BCUT2D eigenvalue weighted by Crippen LogP contribution is 2.20. The fourth-order valence-electron chi connectivity index (χ4n) is 2.13. The molecule has 0 spiro atoms. The van der Waals surface area contributed by atoms with E-state index in [9.17, 15) is 4.79 Å². The Kier molecular flexibility index (Phi) is 3.99.